The Kier molecular flexibility index (Phi) is 6.35. The third-order valence-corrected chi connectivity index (χ3v) is 5.21. The predicted molar refractivity (Wildman–Crippen MR) is 120 cm³/mol. The molecule has 0 fully saturated rings. The third-order valence-electron chi connectivity index (χ3n) is 5.21. The lowest BCUT2D eigenvalue weighted by atomic mass is 9.87. The van der Waals surface area contributed by atoms with Gasteiger partial charge in [-0.3, -0.25) is 15.0 Å². The number of alkyl halides is 3. The number of halogens is 3. The van der Waals surface area contributed by atoms with E-state index < -0.39 is 17.6 Å². The number of amides is 2. The average molecular weight is 458 g/mol. The number of rotatable bonds is 4. The Balaban J connectivity index is 1.71. The quantitative estimate of drug-likeness (QED) is 0.504. The number of anilines is 1. The highest BCUT2D eigenvalue weighted by molar-refractivity contribution is 6.30. The van der Waals surface area contributed by atoms with Gasteiger partial charge < -0.3 is 5.43 Å². The summed E-state index contributed by atoms with van der Waals surface area (Å²) in [6.45, 7) is 9.57. The van der Waals surface area contributed by atoms with Crippen LogP contribution in [0.25, 0.3) is 0 Å². The van der Waals surface area contributed by atoms with E-state index in [0.29, 0.717) is 22.7 Å². The first-order valence-corrected chi connectivity index (χ1v) is 10.2. The number of hydrazine groups is 1. The van der Waals surface area contributed by atoms with Crippen molar-refractivity contribution >= 4 is 23.2 Å². The summed E-state index contributed by atoms with van der Waals surface area (Å²) >= 11 is 0. The summed E-state index contributed by atoms with van der Waals surface area (Å²) in [5.74, 6) is -0.997. The van der Waals surface area contributed by atoms with Gasteiger partial charge in [-0.05, 0) is 61.2 Å². The van der Waals surface area contributed by atoms with Crippen molar-refractivity contribution < 1.29 is 22.8 Å². The summed E-state index contributed by atoms with van der Waals surface area (Å²) in [6.07, 6.45) is -4.48. The molecule has 33 heavy (non-hydrogen) atoms. The van der Waals surface area contributed by atoms with Gasteiger partial charge in [0.15, 0.2) is 0 Å². The van der Waals surface area contributed by atoms with E-state index in [-0.39, 0.29) is 16.9 Å². The molecule has 0 unspecified atom stereocenters. The molecule has 0 bridgehead atoms. The number of hydrazone groups is 1. The zero-order chi connectivity index (χ0) is 24.6. The molecule has 1 heterocycles. The van der Waals surface area contributed by atoms with E-state index in [1.54, 1.807) is 13.8 Å². The highest BCUT2D eigenvalue weighted by Crippen LogP contribution is 2.30. The van der Waals surface area contributed by atoms with Gasteiger partial charge in [0.2, 0.25) is 0 Å². The Morgan fingerprint density at radius 3 is 1.97 bits per heavy atom. The van der Waals surface area contributed by atoms with Crippen LogP contribution in [-0.4, -0.2) is 17.5 Å². The molecule has 0 aliphatic carbocycles. The van der Waals surface area contributed by atoms with E-state index in [2.05, 4.69) is 36.7 Å². The Morgan fingerprint density at radius 2 is 1.45 bits per heavy atom. The van der Waals surface area contributed by atoms with E-state index in [4.69, 9.17) is 0 Å². The molecule has 0 spiro atoms. The van der Waals surface area contributed by atoms with Crippen molar-refractivity contribution in [2.45, 2.75) is 46.2 Å². The minimum atomic E-state index is -4.48. The van der Waals surface area contributed by atoms with Gasteiger partial charge in [-0.2, -0.15) is 23.3 Å². The summed E-state index contributed by atoms with van der Waals surface area (Å²) in [5, 5.41) is 5.63. The Hall–Kier alpha value is -3.62. The van der Waals surface area contributed by atoms with Crippen LogP contribution in [0.4, 0.5) is 18.9 Å². The molecule has 1 aliphatic rings. The third kappa shape index (κ3) is 5.24. The number of hydrogen-bond donors (Lipinski definition) is 2. The van der Waals surface area contributed by atoms with Crippen LogP contribution >= 0.6 is 0 Å². The number of hydrogen-bond acceptors (Lipinski definition) is 4. The molecule has 0 radical (unpaired) electrons. The SMILES string of the molecule is CC1=NN(c2ccc(C(C)(C)C)cc2)C(=O)/C1=C(/C)NNC(=O)c1ccc(C(F)(F)F)cc1. The standard InChI is InChI=1S/C24H25F3N4O2/c1-14(28-29-21(32)16-6-8-18(9-7-16)24(25,26)27)20-15(2)30-31(22(20)33)19-12-10-17(11-13-19)23(3,4)5/h6-13,28H,1-5H3,(H,29,32)/b20-14-. The van der Waals surface area contributed by atoms with Gasteiger partial charge >= 0.3 is 6.18 Å². The molecule has 2 aromatic carbocycles. The summed E-state index contributed by atoms with van der Waals surface area (Å²) in [7, 11) is 0. The molecule has 0 saturated carbocycles. The zero-order valence-corrected chi connectivity index (χ0v) is 19.0. The number of nitrogens with one attached hydrogen (secondary N) is 2. The molecule has 0 saturated heterocycles. The van der Waals surface area contributed by atoms with Crippen LogP contribution in [0.5, 0.6) is 0 Å². The fourth-order valence-corrected chi connectivity index (χ4v) is 3.31. The van der Waals surface area contributed by atoms with Crippen LogP contribution in [0, 0.1) is 0 Å². The molecule has 3 rings (SSSR count). The first-order valence-electron chi connectivity index (χ1n) is 10.2. The van der Waals surface area contributed by atoms with Crippen molar-refractivity contribution in [3.8, 4) is 0 Å². The fraction of sp³-hybridized carbons (Fsp3) is 0.292. The van der Waals surface area contributed by atoms with Gasteiger partial charge in [-0.25, -0.2) is 0 Å². The van der Waals surface area contributed by atoms with Crippen molar-refractivity contribution in [1.82, 2.24) is 10.9 Å². The second kappa shape index (κ2) is 8.73. The van der Waals surface area contributed by atoms with Crippen LogP contribution in [0.1, 0.15) is 56.1 Å². The van der Waals surface area contributed by atoms with Gasteiger partial charge in [0.05, 0.1) is 22.5 Å². The Bertz CT molecular complexity index is 1130. The maximum Gasteiger partial charge on any atom is 0.416 e. The van der Waals surface area contributed by atoms with Crippen molar-refractivity contribution in [1.29, 1.82) is 0 Å². The molecule has 2 N–H and O–H groups in total. The lowest BCUT2D eigenvalue weighted by molar-refractivity contribution is -0.137. The topological polar surface area (TPSA) is 73.8 Å². The monoisotopic (exact) mass is 458 g/mol. The minimum Gasteiger partial charge on any atom is -0.302 e. The van der Waals surface area contributed by atoms with Crippen LogP contribution < -0.4 is 15.9 Å². The lowest BCUT2D eigenvalue weighted by Crippen LogP contribution is -2.37. The molecule has 0 aromatic heterocycles. The summed E-state index contributed by atoms with van der Waals surface area (Å²) in [5.41, 5.74) is 7.09. The van der Waals surface area contributed by atoms with Crippen LogP contribution in [0.3, 0.4) is 0 Å². The molecule has 174 valence electrons. The van der Waals surface area contributed by atoms with Gasteiger partial charge in [0.25, 0.3) is 11.8 Å². The van der Waals surface area contributed by atoms with E-state index in [1.165, 1.54) is 5.01 Å². The van der Waals surface area contributed by atoms with Crippen molar-refractivity contribution in [2.75, 3.05) is 5.01 Å². The number of allylic oxidation sites excluding steroid dienone is 1. The van der Waals surface area contributed by atoms with E-state index in [1.807, 2.05) is 24.3 Å². The van der Waals surface area contributed by atoms with E-state index in [0.717, 1.165) is 29.8 Å². The predicted octanol–water partition coefficient (Wildman–Crippen LogP) is 4.93. The maximum absolute atomic E-state index is 13.0. The first kappa shape index (κ1) is 24.0. The molecular formula is C24H25F3N4O2. The normalized spacial score (nSPS) is 15.9. The van der Waals surface area contributed by atoms with Crippen LogP contribution in [-0.2, 0) is 16.4 Å². The number of benzene rings is 2. The Labute approximate surface area is 190 Å². The van der Waals surface area contributed by atoms with Crippen LogP contribution in [0.2, 0.25) is 0 Å². The first-order chi connectivity index (χ1) is 15.3. The molecule has 1 aliphatic heterocycles. The van der Waals surface area contributed by atoms with Crippen LogP contribution in [0.15, 0.2) is 64.9 Å². The molecule has 9 heteroatoms. The smallest absolute Gasteiger partial charge is 0.302 e. The zero-order valence-electron chi connectivity index (χ0n) is 19.0. The molecule has 0 atom stereocenters. The summed E-state index contributed by atoms with van der Waals surface area (Å²) < 4.78 is 38.0. The fourth-order valence-electron chi connectivity index (χ4n) is 3.31. The molecule has 2 amide bonds. The van der Waals surface area contributed by atoms with Gasteiger partial charge in [-0.1, -0.05) is 32.9 Å². The van der Waals surface area contributed by atoms with Gasteiger partial charge in [0, 0.05) is 11.3 Å². The highest BCUT2D eigenvalue weighted by atomic mass is 19.4. The summed E-state index contributed by atoms with van der Waals surface area (Å²) in [4.78, 5) is 25.3. The van der Waals surface area contributed by atoms with Crippen molar-refractivity contribution in [3.63, 3.8) is 0 Å². The van der Waals surface area contributed by atoms with E-state index in [9.17, 15) is 22.8 Å². The second-order valence-electron chi connectivity index (χ2n) is 8.75. The maximum atomic E-state index is 13.0. The highest BCUT2D eigenvalue weighted by Gasteiger charge is 2.32. The largest absolute Gasteiger partial charge is 0.416 e. The summed E-state index contributed by atoms with van der Waals surface area (Å²) in [6, 6.07) is 11.4. The van der Waals surface area contributed by atoms with Crippen molar-refractivity contribution in [2.24, 2.45) is 5.10 Å². The van der Waals surface area contributed by atoms with E-state index >= 15 is 0 Å². The second-order valence-corrected chi connectivity index (χ2v) is 8.75. The number of nitrogens with zero attached hydrogens (tertiary/aromatic N) is 2. The molecule has 2 aromatic rings. The Morgan fingerprint density at radius 1 is 0.909 bits per heavy atom. The molecule has 6 nitrogen and oxygen atoms in total. The number of carbonyl (C=O) groups is 2. The lowest BCUT2D eigenvalue weighted by Gasteiger charge is -2.20. The average Bonchev–Trinajstić information content (AvgIpc) is 3.04. The van der Waals surface area contributed by atoms with Crippen molar-refractivity contribution in [3.05, 3.63) is 76.5 Å². The molecular weight excluding hydrogens is 433 g/mol. The van der Waals surface area contributed by atoms with Gasteiger partial charge in [-0.15, -0.1) is 0 Å². The minimum absolute atomic E-state index is 0.0242. The van der Waals surface area contributed by atoms with Gasteiger partial charge in [0.1, 0.15) is 0 Å². The number of carbonyl (C=O) groups excluding carboxylic acids is 2.